The highest BCUT2D eigenvalue weighted by Crippen LogP contribution is 2.05. The zero-order valence-corrected chi connectivity index (χ0v) is 9.83. The molecule has 1 aliphatic rings. The van der Waals surface area contributed by atoms with Crippen LogP contribution in [-0.4, -0.2) is 31.3 Å². The number of hydrogen-bond donors (Lipinski definition) is 2. The maximum Gasteiger partial charge on any atom is 0.407 e. The van der Waals surface area contributed by atoms with Crippen LogP contribution >= 0.6 is 0 Å². The first-order valence-electron chi connectivity index (χ1n) is 5.80. The zero-order valence-electron chi connectivity index (χ0n) is 9.83. The van der Waals surface area contributed by atoms with Gasteiger partial charge < -0.3 is 15.4 Å². The molecule has 1 amide bonds. The third-order valence-electron chi connectivity index (χ3n) is 2.83. The van der Waals surface area contributed by atoms with Crippen molar-refractivity contribution in [1.82, 2.24) is 10.6 Å². The molecule has 0 saturated carbocycles. The fourth-order valence-corrected chi connectivity index (χ4v) is 1.84. The molecule has 1 aromatic carbocycles. The summed E-state index contributed by atoms with van der Waals surface area (Å²) in [5, 5.41) is 8.58. The van der Waals surface area contributed by atoms with Gasteiger partial charge in [-0.25, -0.2) is 4.79 Å². The van der Waals surface area contributed by atoms with Crippen molar-refractivity contribution >= 4 is 6.09 Å². The second kappa shape index (κ2) is 6.11. The molecule has 0 radical (unpaired) electrons. The molecule has 1 heterocycles. The van der Waals surface area contributed by atoms with Crippen molar-refractivity contribution in [1.29, 1.82) is 0 Å². The van der Waals surface area contributed by atoms with Crippen molar-refractivity contribution in [2.75, 3.05) is 13.1 Å². The van der Waals surface area contributed by atoms with Crippen molar-refractivity contribution in [3.63, 3.8) is 0 Å². The average molecular weight is 249 g/mol. The lowest BCUT2D eigenvalue weighted by atomic mass is 10.2. The molecule has 0 aliphatic carbocycles. The van der Waals surface area contributed by atoms with E-state index < -0.39 is 12.1 Å². The van der Waals surface area contributed by atoms with Gasteiger partial charge in [0, 0.05) is 13.1 Å². The molecular weight excluding hydrogens is 234 g/mol. The number of alkyl carbamates (subject to hydrolysis) is 1. The lowest BCUT2D eigenvalue weighted by molar-refractivity contribution is 0.135. The topological polar surface area (TPSA) is 79.8 Å². The minimum Gasteiger partial charge on any atom is -0.445 e. The molecule has 1 saturated heterocycles. The van der Waals surface area contributed by atoms with Crippen LogP contribution in [0.25, 0.3) is 0 Å². The highest BCUT2D eigenvalue weighted by atomic mass is 16.5. The van der Waals surface area contributed by atoms with Gasteiger partial charge in [0.15, 0.2) is 0 Å². The molecule has 96 valence electrons. The number of nitroso groups, excluding NO2 is 1. The summed E-state index contributed by atoms with van der Waals surface area (Å²) < 4.78 is 5.06. The molecule has 18 heavy (non-hydrogen) atoms. The molecule has 0 bridgehead atoms. The van der Waals surface area contributed by atoms with E-state index in [1.54, 1.807) is 0 Å². The standard InChI is InChI=1S/C12H15N3O3/c16-12(14-10-6-13-7-11(10)15-17)18-8-9-4-2-1-3-5-9/h1-5,10-11,13H,6-8H2,(H,14,16). The number of ether oxygens (including phenoxy) is 1. The van der Waals surface area contributed by atoms with Crippen LogP contribution < -0.4 is 10.6 Å². The highest BCUT2D eigenvalue weighted by Gasteiger charge is 2.29. The first-order chi connectivity index (χ1) is 8.79. The second-order valence-electron chi connectivity index (χ2n) is 4.14. The van der Waals surface area contributed by atoms with Gasteiger partial charge in [-0.3, -0.25) is 0 Å². The van der Waals surface area contributed by atoms with Gasteiger partial charge in [0.2, 0.25) is 0 Å². The molecule has 6 nitrogen and oxygen atoms in total. The minimum absolute atomic E-state index is 0.214. The van der Waals surface area contributed by atoms with Gasteiger partial charge in [0.25, 0.3) is 0 Å². The molecule has 2 N–H and O–H groups in total. The van der Waals surface area contributed by atoms with Crippen LogP contribution in [0.1, 0.15) is 5.56 Å². The van der Waals surface area contributed by atoms with E-state index in [1.807, 2.05) is 30.3 Å². The number of amides is 1. The first kappa shape index (κ1) is 12.5. The molecule has 1 aliphatic heterocycles. The smallest absolute Gasteiger partial charge is 0.407 e. The van der Waals surface area contributed by atoms with Gasteiger partial charge in [-0.05, 0) is 5.56 Å². The second-order valence-corrected chi connectivity index (χ2v) is 4.14. The van der Waals surface area contributed by atoms with Crippen LogP contribution in [0.2, 0.25) is 0 Å². The van der Waals surface area contributed by atoms with E-state index in [0.29, 0.717) is 13.1 Å². The number of nitrogens with zero attached hydrogens (tertiary/aromatic N) is 1. The maximum atomic E-state index is 11.5. The Bertz CT molecular complexity index is 410. The Balaban J connectivity index is 1.77. The SMILES string of the molecule is O=NC1CNCC1NC(=O)OCc1ccccc1. The molecular formula is C12H15N3O3. The van der Waals surface area contributed by atoms with Crippen LogP contribution in [0.3, 0.4) is 0 Å². The third kappa shape index (κ3) is 3.27. The van der Waals surface area contributed by atoms with Gasteiger partial charge in [-0.15, -0.1) is 0 Å². The summed E-state index contributed by atoms with van der Waals surface area (Å²) in [5.41, 5.74) is 0.919. The van der Waals surface area contributed by atoms with E-state index in [4.69, 9.17) is 4.74 Å². The largest absolute Gasteiger partial charge is 0.445 e. The predicted molar refractivity (Wildman–Crippen MR) is 66.0 cm³/mol. The van der Waals surface area contributed by atoms with Crippen molar-refractivity contribution in [2.24, 2.45) is 5.18 Å². The van der Waals surface area contributed by atoms with Crippen molar-refractivity contribution in [2.45, 2.75) is 18.7 Å². The monoisotopic (exact) mass is 249 g/mol. The van der Waals surface area contributed by atoms with E-state index in [2.05, 4.69) is 15.8 Å². The zero-order chi connectivity index (χ0) is 12.8. The fourth-order valence-electron chi connectivity index (χ4n) is 1.84. The normalized spacial score (nSPS) is 22.4. The number of rotatable bonds is 4. The van der Waals surface area contributed by atoms with Crippen molar-refractivity contribution in [3.8, 4) is 0 Å². The van der Waals surface area contributed by atoms with Crippen LogP contribution in [0.15, 0.2) is 35.5 Å². The molecule has 6 heteroatoms. The van der Waals surface area contributed by atoms with Crippen LogP contribution in [0.4, 0.5) is 4.79 Å². The molecule has 2 atom stereocenters. The van der Waals surface area contributed by atoms with E-state index >= 15 is 0 Å². The average Bonchev–Trinajstić information content (AvgIpc) is 2.85. The van der Waals surface area contributed by atoms with Crippen molar-refractivity contribution in [3.05, 3.63) is 40.8 Å². The van der Waals surface area contributed by atoms with Crippen LogP contribution in [-0.2, 0) is 11.3 Å². The van der Waals surface area contributed by atoms with E-state index in [1.165, 1.54) is 0 Å². The predicted octanol–water partition coefficient (Wildman–Crippen LogP) is 1.02. The van der Waals surface area contributed by atoms with E-state index in [-0.39, 0.29) is 12.6 Å². The Kier molecular flexibility index (Phi) is 4.25. The first-order valence-corrected chi connectivity index (χ1v) is 5.80. The fraction of sp³-hybridized carbons (Fsp3) is 0.417. The molecule has 0 aromatic heterocycles. The van der Waals surface area contributed by atoms with Gasteiger partial charge in [-0.1, -0.05) is 35.5 Å². The van der Waals surface area contributed by atoms with Crippen LogP contribution in [0.5, 0.6) is 0 Å². The Hall–Kier alpha value is -1.95. The number of carbonyl (C=O) groups is 1. The summed E-state index contributed by atoms with van der Waals surface area (Å²) in [6.45, 7) is 1.25. The summed E-state index contributed by atoms with van der Waals surface area (Å²) in [5.74, 6) is 0. The molecule has 1 fully saturated rings. The summed E-state index contributed by atoms with van der Waals surface area (Å²) in [6.07, 6.45) is -0.527. The summed E-state index contributed by atoms with van der Waals surface area (Å²) >= 11 is 0. The van der Waals surface area contributed by atoms with Gasteiger partial charge in [0.1, 0.15) is 12.6 Å². The van der Waals surface area contributed by atoms with E-state index in [9.17, 15) is 9.70 Å². The molecule has 0 spiro atoms. The van der Waals surface area contributed by atoms with Gasteiger partial charge in [0.05, 0.1) is 6.04 Å². The van der Waals surface area contributed by atoms with Gasteiger partial charge in [-0.2, -0.15) is 4.91 Å². The van der Waals surface area contributed by atoms with E-state index in [0.717, 1.165) is 5.56 Å². The number of hydrogen-bond acceptors (Lipinski definition) is 5. The van der Waals surface area contributed by atoms with Crippen molar-refractivity contribution < 1.29 is 9.53 Å². The summed E-state index contributed by atoms with van der Waals surface area (Å²) in [4.78, 5) is 22.0. The molecule has 2 rings (SSSR count). The van der Waals surface area contributed by atoms with Gasteiger partial charge >= 0.3 is 6.09 Å². The maximum absolute atomic E-state index is 11.5. The quantitative estimate of drug-likeness (QED) is 0.781. The summed E-state index contributed by atoms with van der Waals surface area (Å²) in [7, 11) is 0. The minimum atomic E-state index is -0.527. The number of nitrogens with one attached hydrogen (secondary N) is 2. The third-order valence-corrected chi connectivity index (χ3v) is 2.83. The number of benzene rings is 1. The Morgan fingerprint density at radius 1 is 1.39 bits per heavy atom. The lowest BCUT2D eigenvalue weighted by Crippen LogP contribution is -2.42. The summed E-state index contributed by atoms with van der Waals surface area (Å²) in [6, 6.07) is 8.70. The molecule has 2 unspecified atom stereocenters. The molecule has 1 aromatic rings. The number of carbonyl (C=O) groups excluding carboxylic acids is 1. The van der Waals surface area contributed by atoms with Crippen LogP contribution in [0, 0.1) is 4.91 Å². The highest BCUT2D eigenvalue weighted by molar-refractivity contribution is 5.67. The Morgan fingerprint density at radius 3 is 2.89 bits per heavy atom. The Morgan fingerprint density at radius 2 is 2.17 bits per heavy atom. The Labute approximate surface area is 105 Å². The lowest BCUT2D eigenvalue weighted by Gasteiger charge is -2.14.